The van der Waals surface area contributed by atoms with Gasteiger partial charge in [-0.15, -0.1) is 0 Å². The maximum absolute atomic E-state index is 13.5. The van der Waals surface area contributed by atoms with Gasteiger partial charge in [-0.1, -0.05) is 0 Å². The molecule has 5 N–H and O–H groups in total. The van der Waals surface area contributed by atoms with E-state index in [0.29, 0.717) is 12.1 Å². The molecule has 2 atom stereocenters. The molecule has 0 bridgehead atoms. The number of rotatable bonds is 5. The minimum atomic E-state index is -1.36. The standard InChI is InChI=1S/C12H17FN2O3/c1-6(3-7(2)16)15-11-5-9(13)8(12(17)18)4-10(11)14/h4-7,15-16H,3,14H2,1-2H3,(H,17,18). The van der Waals surface area contributed by atoms with E-state index in [4.69, 9.17) is 10.8 Å². The highest BCUT2D eigenvalue weighted by Gasteiger charge is 2.15. The molecule has 2 unspecified atom stereocenters. The Kier molecular flexibility index (Phi) is 4.49. The van der Waals surface area contributed by atoms with Gasteiger partial charge in [0.1, 0.15) is 5.82 Å². The van der Waals surface area contributed by atoms with Crippen LogP contribution in [0.3, 0.4) is 0 Å². The van der Waals surface area contributed by atoms with Crippen LogP contribution in [0, 0.1) is 5.82 Å². The first-order valence-electron chi connectivity index (χ1n) is 5.58. The zero-order valence-corrected chi connectivity index (χ0v) is 10.3. The highest BCUT2D eigenvalue weighted by molar-refractivity contribution is 5.90. The van der Waals surface area contributed by atoms with Crippen molar-refractivity contribution in [2.75, 3.05) is 11.1 Å². The number of aliphatic hydroxyl groups excluding tert-OH is 1. The normalized spacial score (nSPS) is 14.0. The SMILES string of the molecule is CC(O)CC(C)Nc1cc(F)c(C(=O)O)cc1N. The Balaban J connectivity index is 2.91. The lowest BCUT2D eigenvalue weighted by atomic mass is 10.1. The Labute approximate surface area is 104 Å². The topological polar surface area (TPSA) is 95.6 Å². The van der Waals surface area contributed by atoms with Crippen molar-refractivity contribution >= 4 is 17.3 Å². The van der Waals surface area contributed by atoms with Gasteiger partial charge in [0.15, 0.2) is 0 Å². The molecule has 0 amide bonds. The van der Waals surface area contributed by atoms with Crippen LogP contribution in [0.5, 0.6) is 0 Å². The summed E-state index contributed by atoms with van der Waals surface area (Å²) in [6, 6.07) is 2.02. The molecular weight excluding hydrogens is 239 g/mol. The summed E-state index contributed by atoms with van der Waals surface area (Å²) in [6.07, 6.45) is -0.0151. The van der Waals surface area contributed by atoms with Crippen molar-refractivity contribution in [2.24, 2.45) is 0 Å². The lowest BCUT2D eigenvalue weighted by Gasteiger charge is -2.18. The summed E-state index contributed by atoms with van der Waals surface area (Å²) in [5.41, 5.74) is 5.68. The van der Waals surface area contributed by atoms with Crippen LogP contribution in [-0.4, -0.2) is 28.3 Å². The molecule has 0 aliphatic carbocycles. The Morgan fingerprint density at radius 1 is 1.50 bits per heavy atom. The molecule has 6 heteroatoms. The first kappa shape index (κ1) is 14.2. The largest absolute Gasteiger partial charge is 0.478 e. The van der Waals surface area contributed by atoms with Gasteiger partial charge in [-0.25, -0.2) is 9.18 Å². The predicted molar refractivity (Wildman–Crippen MR) is 67.2 cm³/mol. The van der Waals surface area contributed by atoms with Crippen LogP contribution in [0.15, 0.2) is 12.1 Å². The van der Waals surface area contributed by atoms with Crippen molar-refractivity contribution in [1.82, 2.24) is 0 Å². The van der Waals surface area contributed by atoms with Gasteiger partial charge in [-0.3, -0.25) is 0 Å². The summed E-state index contributed by atoms with van der Waals surface area (Å²) in [5, 5.41) is 20.9. The minimum absolute atomic E-state index is 0.109. The highest BCUT2D eigenvalue weighted by Crippen LogP contribution is 2.24. The van der Waals surface area contributed by atoms with Gasteiger partial charge in [-0.2, -0.15) is 0 Å². The smallest absolute Gasteiger partial charge is 0.338 e. The van der Waals surface area contributed by atoms with Crippen molar-refractivity contribution in [3.05, 3.63) is 23.5 Å². The summed E-state index contributed by atoms with van der Waals surface area (Å²) in [5.74, 6) is -2.20. The number of anilines is 2. The summed E-state index contributed by atoms with van der Waals surface area (Å²) in [4.78, 5) is 10.7. The Morgan fingerprint density at radius 2 is 2.11 bits per heavy atom. The van der Waals surface area contributed by atoms with E-state index in [0.717, 1.165) is 12.1 Å². The molecule has 0 saturated heterocycles. The van der Waals surface area contributed by atoms with E-state index < -0.39 is 23.5 Å². The molecule has 1 rings (SSSR count). The van der Waals surface area contributed by atoms with Gasteiger partial charge in [0.2, 0.25) is 0 Å². The van der Waals surface area contributed by atoms with Gasteiger partial charge in [0.25, 0.3) is 0 Å². The lowest BCUT2D eigenvalue weighted by Crippen LogP contribution is -2.21. The molecule has 0 aliphatic rings. The number of nitrogens with two attached hydrogens (primary N) is 1. The van der Waals surface area contributed by atoms with Crippen LogP contribution >= 0.6 is 0 Å². The summed E-state index contributed by atoms with van der Waals surface area (Å²) in [7, 11) is 0. The lowest BCUT2D eigenvalue weighted by molar-refractivity contribution is 0.0692. The fourth-order valence-corrected chi connectivity index (χ4v) is 1.71. The number of carboxylic acids is 1. The number of hydrogen-bond acceptors (Lipinski definition) is 4. The average Bonchev–Trinajstić information content (AvgIpc) is 2.21. The second-order valence-corrected chi connectivity index (χ2v) is 4.35. The zero-order valence-electron chi connectivity index (χ0n) is 10.3. The second-order valence-electron chi connectivity index (χ2n) is 4.35. The third-order valence-corrected chi connectivity index (χ3v) is 2.47. The summed E-state index contributed by atoms with van der Waals surface area (Å²) >= 11 is 0. The second kappa shape index (κ2) is 5.68. The number of nitrogen functional groups attached to an aromatic ring is 1. The first-order chi connectivity index (χ1) is 8.31. The van der Waals surface area contributed by atoms with Crippen LogP contribution in [0.4, 0.5) is 15.8 Å². The number of aromatic carboxylic acids is 1. The van der Waals surface area contributed by atoms with Crippen LogP contribution < -0.4 is 11.1 Å². The third kappa shape index (κ3) is 3.59. The fraction of sp³-hybridized carbons (Fsp3) is 0.417. The molecule has 0 saturated carbocycles. The van der Waals surface area contributed by atoms with Crippen molar-refractivity contribution in [3.63, 3.8) is 0 Å². The van der Waals surface area contributed by atoms with Crippen molar-refractivity contribution in [2.45, 2.75) is 32.4 Å². The molecule has 0 heterocycles. The summed E-state index contributed by atoms with van der Waals surface area (Å²) in [6.45, 7) is 3.46. The molecule has 5 nitrogen and oxygen atoms in total. The number of nitrogens with one attached hydrogen (secondary N) is 1. The maximum Gasteiger partial charge on any atom is 0.338 e. The van der Waals surface area contributed by atoms with E-state index in [1.54, 1.807) is 6.92 Å². The predicted octanol–water partition coefficient (Wildman–Crippen LogP) is 1.68. The molecule has 0 fully saturated rings. The maximum atomic E-state index is 13.5. The van der Waals surface area contributed by atoms with E-state index in [-0.39, 0.29) is 11.7 Å². The number of hydrogen-bond donors (Lipinski definition) is 4. The van der Waals surface area contributed by atoms with Gasteiger partial charge < -0.3 is 21.3 Å². The monoisotopic (exact) mass is 256 g/mol. The number of carboxylic acid groups (broad SMARTS) is 1. The molecule has 1 aromatic rings. The minimum Gasteiger partial charge on any atom is -0.478 e. The number of aliphatic hydroxyl groups is 1. The van der Waals surface area contributed by atoms with Crippen molar-refractivity contribution in [1.29, 1.82) is 0 Å². The first-order valence-corrected chi connectivity index (χ1v) is 5.58. The molecular formula is C12H17FN2O3. The summed E-state index contributed by atoms with van der Waals surface area (Å²) < 4.78 is 13.5. The Morgan fingerprint density at radius 3 is 2.61 bits per heavy atom. The number of halogens is 1. The number of benzene rings is 1. The van der Waals surface area contributed by atoms with Crippen molar-refractivity contribution in [3.8, 4) is 0 Å². The van der Waals surface area contributed by atoms with E-state index >= 15 is 0 Å². The van der Waals surface area contributed by atoms with Crippen molar-refractivity contribution < 1.29 is 19.4 Å². The van der Waals surface area contributed by atoms with Gasteiger partial charge in [-0.05, 0) is 32.4 Å². The van der Waals surface area contributed by atoms with E-state index in [1.807, 2.05) is 6.92 Å². The van der Waals surface area contributed by atoms with Crippen LogP contribution in [-0.2, 0) is 0 Å². The van der Waals surface area contributed by atoms with E-state index in [2.05, 4.69) is 5.32 Å². The molecule has 100 valence electrons. The third-order valence-electron chi connectivity index (χ3n) is 2.47. The van der Waals surface area contributed by atoms with E-state index in [1.165, 1.54) is 0 Å². The van der Waals surface area contributed by atoms with Crippen LogP contribution in [0.2, 0.25) is 0 Å². The Bertz CT molecular complexity index is 449. The fourth-order valence-electron chi connectivity index (χ4n) is 1.71. The van der Waals surface area contributed by atoms with E-state index in [9.17, 15) is 14.3 Å². The van der Waals surface area contributed by atoms with Gasteiger partial charge in [0, 0.05) is 6.04 Å². The Hall–Kier alpha value is -1.82. The molecule has 1 aromatic carbocycles. The average molecular weight is 256 g/mol. The highest BCUT2D eigenvalue weighted by atomic mass is 19.1. The molecule has 0 aromatic heterocycles. The number of carbonyl (C=O) groups is 1. The van der Waals surface area contributed by atoms with Crippen LogP contribution in [0.25, 0.3) is 0 Å². The van der Waals surface area contributed by atoms with Gasteiger partial charge >= 0.3 is 5.97 Å². The van der Waals surface area contributed by atoms with Gasteiger partial charge in [0.05, 0.1) is 23.0 Å². The molecule has 0 spiro atoms. The van der Waals surface area contributed by atoms with Crippen LogP contribution in [0.1, 0.15) is 30.6 Å². The molecule has 18 heavy (non-hydrogen) atoms. The molecule has 0 aliphatic heterocycles. The molecule has 0 radical (unpaired) electrons. The quantitative estimate of drug-likeness (QED) is 0.601. The zero-order chi connectivity index (χ0) is 13.9.